The Hall–Kier alpha value is -3.08. The van der Waals surface area contributed by atoms with Gasteiger partial charge < -0.3 is 5.26 Å². The summed E-state index contributed by atoms with van der Waals surface area (Å²) in [7, 11) is 0. The molecule has 0 aliphatic carbocycles. The van der Waals surface area contributed by atoms with Crippen LogP contribution in [0.1, 0.15) is 0 Å². The zero-order valence-corrected chi connectivity index (χ0v) is 11.2. The number of halogens is 2. The first-order valence-electron chi connectivity index (χ1n) is 4.82. The minimum absolute atomic E-state index is 0.775. The Bertz CT molecular complexity index is 759. The van der Waals surface area contributed by atoms with Gasteiger partial charge in [0.15, 0.2) is 0 Å². The molecule has 108 valence electrons. The van der Waals surface area contributed by atoms with Crippen molar-refractivity contribution in [2.24, 2.45) is 0 Å². The van der Waals surface area contributed by atoms with Crippen LogP contribution in [-0.2, 0) is 14.2 Å². The molecular weight excluding hydrogens is 316 g/mol. The minimum atomic E-state index is -4.05. The minimum Gasteiger partial charge on any atom is -0.691 e. The molecule has 0 aliphatic rings. The summed E-state index contributed by atoms with van der Waals surface area (Å²) in [5.74, 6) is 20.4. The fraction of sp³-hybridized carbons (Fsp3) is 0.0714. The second-order valence-corrected chi connectivity index (χ2v) is 3.40. The first-order chi connectivity index (χ1) is 10.5. The van der Waals surface area contributed by atoms with Crippen LogP contribution in [0.25, 0.3) is 0 Å². The Morgan fingerprint density at radius 1 is 1.05 bits per heavy atom. The van der Waals surface area contributed by atoms with Crippen molar-refractivity contribution < 1.29 is 28.2 Å². The Morgan fingerprint density at radius 2 is 1.55 bits per heavy atom. The predicted octanol–water partition coefficient (Wildman–Crippen LogP) is -0.825. The molecule has 0 saturated carbocycles. The van der Waals surface area contributed by atoms with Crippen LogP contribution in [0, 0.1) is 71.7 Å². The molecule has 0 saturated heterocycles. The molecule has 0 aliphatic heterocycles. The Morgan fingerprint density at radius 3 is 2.05 bits per heavy atom. The highest BCUT2D eigenvalue weighted by Crippen LogP contribution is 2.29. The molecule has 0 spiro atoms. The van der Waals surface area contributed by atoms with Crippen molar-refractivity contribution in [3.63, 3.8) is 0 Å². The third kappa shape index (κ3) is 9.80. The van der Waals surface area contributed by atoms with E-state index in [0.717, 1.165) is 0 Å². The SMILES string of the molecule is C#CC#CC#CC#CC#CC#CNC(=O)C(F)(F)SOO[O-]. The van der Waals surface area contributed by atoms with Crippen LogP contribution in [0.2, 0.25) is 0 Å². The molecule has 0 aromatic rings. The number of hydrogen-bond donors (Lipinski definition) is 1. The van der Waals surface area contributed by atoms with E-state index in [1.165, 1.54) is 5.32 Å². The molecule has 0 heterocycles. The number of terminal acetylenes is 1. The van der Waals surface area contributed by atoms with Crippen molar-refractivity contribution in [1.29, 1.82) is 0 Å². The van der Waals surface area contributed by atoms with Gasteiger partial charge in [-0.25, -0.2) is 0 Å². The second-order valence-electron chi connectivity index (χ2n) is 2.58. The maximum absolute atomic E-state index is 12.8. The summed E-state index contributed by atoms with van der Waals surface area (Å²) in [6.07, 6.45) is 4.84. The van der Waals surface area contributed by atoms with Crippen LogP contribution >= 0.6 is 12.0 Å². The van der Waals surface area contributed by atoms with Crippen LogP contribution in [0.4, 0.5) is 8.78 Å². The maximum atomic E-state index is 12.8. The quantitative estimate of drug-likeness (QED) is 0.241. The lowest BCUT2D eigenvalue weighted by Gasteiger charge is -2.12. The zero-order chi connectivity index (χ0) is 16.7. The van der Waals surface area contributed by atoms with E-state index in [2.05, 4.69) is 56.7 Å². The second kappa shape index (κ2) is 11.7. The van der Waals surface area contributed by atoms with Crippen molar-refractivity contribution >= 4 is 17.9 Å². The van der Waals surface area contributed by atoms with E-state index in [1.54, 1.807) is 0 Å². The summed E-state index contributed by atoms with van der Waals surface area (Å²) in [5.41, 5.74) is 0. The molecular formula is C14H2F2NO4S-. The summed E-state index contributed by atoms with van der Waals surface area (Å²) in [6.45, 7) is 0. The standard InChI is InChI=1S/C14H3F2NO4S/c1-2-3-4-5-6-7-8-9-10-11-12-17-13(18)14(15,16)22-21-20-19/h1,19H,(H,17,18)/p-1. The highest BCUT2D eigenvalue weighted by atomic mass is 32.2. The molecule has 5 nitrogen and oxygen atoms in total. The van der Waals surface area contributed by atoms with E-state index in [9.17, 15) is 18.8 Å². The van der Waals surface area contributed by atoms with Gasteiger partial charge in [0.05, 0.1) is 0 Å². The largest absolute Gasteiger partial charge is 0.691 e. The highest BCUT2D eigenvalue weighted by Gasteiger charge is 2.41. The van der Waals surface area contributed by atoms with Gasteiger partial charge >= 0.3 is 11.2 Å². The molecule has 0 rings (SSSR count). The van der Waals surface area contributed by atoms with E-state index < -0.39 is 23.2 Å². The summed E-state index contributed by atoms with van der Waals surface area (Å²) >= 11 is -0.775. The summed E-state index contributed by atoms with van der Waals surface area (Å²) in [6, 6.07) is 1.85. The van der Waals surface area contributed by atoms with E-state index in [-0.39, 0.29) is 0 Å². The lowest BCUT2D eigenvalue weighted by molar-refractivity contribution is -0.777. The van der Waals surface area contributed by atoms with Gasteiger partial charge in [-0.05, 0) is 29.6 Å². The Balaban J connectivity index is 4.37. The van der Waals surface area contributed by atoms with Crippen LogP contribution < -0.4 is 10.6 Å². The lowest BCUT2D eigenvalue weighted by Crippen LogP contribution is -2.35. The van der Waals surface area contributed by atoms with Crippen molar-refractivity contribution in [3.05, 3.63) is 0 Å². The molecule has 0 aromatic carbocycles. The molecule has 22 heavy (non-hydrogen) atoms. The van der Waals surface area contributed by atoms with Crippen LogP contribution in [0.3, 0.4) is 0 Å². The van der Waals surface area contributed by atoms with E-state index in [1.807, 2.05) is 17.9 Å². The van der Waals surface area contributed by atoms with E-state index >= 15 is 0 Å². The summed E-state index contributed by atoms with van der Waals surface area (Å²) < 4.78 is 29.0. The first kappa shape index (κ1) is 18.9. The predicted molar refractivity (Wildman–Crippen MR) is 70.6 cm³/mol. The molecule has 0 radical (unpaired) electrons. The number of carbonyl (C=O) groups excluding carboxylic acids is 1. The van der Waals surface area contributed by atoms with Crippen LogP contribution in [0.15, 0.2) is 0 Å². The van der Waals surface area contributed by atoms with Gasteiger partial charge in [0.1, 0.15) is 12.0 Å². The van der Waals surface area contributed by atoms with Crippen molar-refractivity contribution in [2.45, 2.75) is 5.25 Å². The smallest absolute Gasteiger partial charge is 0.398 e. The number of alkyl halides is 2. The van der Waals surface area contributed by atoms with Gasteiger partial charge in [-0.15, -0.1) is 6.42 Å². The third-order valence-corrected chi connectivity index (χ3v) is 1.76. The number of nitrogens with one attached hydrogen (secondary N) is 1. The monoisotopic (exact) mass is 318 g/mol. The molecule has 0 unspecified atom stereocenters. The lowest BCUT2D eigenvalue weighted by atomic mass is 10.5. The highest BCUT2D eigenvalue weighted by molar-refractivity contribution is 7.96. The molecule has 0 atom stereocenters. The number of rotatable bonds is 4. The molecule has 8 heteroatoms. The normalized spacial score (nSPS) is 7.55. The van der Waals surface area contributed by atoms with Crippen molar-refractivity contribution in [3.8, 4) is 71.7 Å². The molecule has 0 bridgehead atoms. The average Bonchev–Trinajstić information content (AvgIpc) is 2.50. The third-order valence-electron chi connectivity index (χ3n) is 1.24. The summed E-state index contributed by atoms with van der Waals surface area (Å²) in [4.78, 5) is 10.9. The fourth-order valence-corrected chi connectivity index (χ4v) is 0.781. The fourth-order valence-electron chi connectivity index (χ4n) is 0.541. The number of hydrogen-bond acceptors (Lipinski definition) is 5. The molecule has 0 aromatic heterocycles. The molecule has 1 N–H and O–H groups in total. The summed E-state index contributed by atoms with van der Waals surface area (Å²) in [5, 5.41) is 9.53. The number of amides is 1. The van der Waals surface area contributed by atoms with E-state index in [0.29, 0.717) is 0 Å². The van der Waals surface area contributed by atoms with Crippen molar-refractivity contribution in [1.82, 2.24) is 5.32 Å². The van der Waals surface area contributed by atoms with Gasteiger partial charge in [-0.1, -0.05) is 0 Å². The topological polar surface area (TPSA) is 70.6 Å². The van der Waals surface area contributed by atoms with Crippen molar-refractivity contribution in [2.75, 3.05) is 0 Å². The van der Waals surface area contributed by atoms with E-state index in [4.69, 9.17) is 6.42 Å². The van der Waals surface area contributed by atoms with Crippen LogP contribution in [-0.4, -0.2) is 11.2 Å². The van der Waals surface area contributed by atoms with Gasteiger partial charge in [-0.2, -0.15) is 13.1 Å². The van der Waals surface area contributed by atoms with Crippen LogP contribution in [0.5, 0.6) is 0 Å². The maximum Gasteiger partial charge on any atom is 0.398 e. The molecule has 0 fully saturated rings. The Labute approximate surface area is 129 Å². The van der Waals surface area contributed by atoms with Gasteiger partial charge in [0.25, 0.3) is 0 Å². The Kier molecular flexibility index (Phi) is 10.1. The average molecular weight is 318 g/mol. The van der Waals surface area contributed by atoms with Gasteiger partial charge in [-0.3, -0.25) is 15.1 Å². The molecule has 1 amide bonds. The van der Waals surface area contributed by atoms with Gasteiger partial charge in [0.2, 0.25) is 0 Å². The zero-order valence-electron chi connectivity index (χ0n) is 10.4. The first-order valence-corrected chi connectivity index (χ1v) is 5.57. The van der Waals surface area contributed by atoms with Gasteiger partial charge in [0, 0.05) is 35.6 Å². The number of carbonyl (C=O) groups is 1.